The summed E-state index contributed by atoms with van der Waals surface area (Å²) in [4.78, 5) is 27.2. The van der Waals surface area contributed by atoms with Crippen LogP contribution < -0.4 is 0 Å². The summed E-state index contributed by atoms with van der Waals surface area (Å²) in [6, 6.07) is 0. The number of aliphatic hydroxyl groups excluding tert-OH is 9. The minimum Gasteiger partial charge on any atom is -0.432 e. The second-order valence-electron chi connectivity index (χ2n) is 19.8. The summed E-state index contributed by atoms with van der Waals surface area (Å²) in [5.74, 6) is -1.09. The van der Waals surface area contributed by atoms with Gasteiger partial charge in [0.25, 0.3) is 0 Å². The van der Waals surface area contributed by atoms with Crippen molar-refractivity contribution in [3.05, 3.63) is 11.6 Å². The molecule has 7 aliphatic rings. The van der Waals surface area contributed by atoms with E-state index in [2.05, 4.69) is 26.8 Å². The number of aliphatic hydroxyl groups is 9. The predicted molar refractivity (Wildman–Crippen MR) is 195 cm³/mol. The van der Waals surface area contributed by atoms with Crippen LogP contribution in [0.15, 0.2) is 11.6 Å². The lowest BCUT2D eigenvalue weighted by Crippen LogP contribution is -2.69. The van der Waals surface area contributed by atoms with Crippen molar-refractivity contribution in [1.29, 1.82) is 0 Å². The van der Waals surface area contributed by atoms with Crippen LogP contribution in [-0.4, -0.2) is 146 Å². The molecule has 2 aliphatic heterocycles. The van der Waals surface area contributed by atoms with Gasteiger partial charge in [0.1, 0.15) is 49.0 Å². The Bertz CT molecular complexity index is 1540. The summed E-state index contributed by atoms with van der Waals surface area (Å²) in [7, 11) is 0. The molecule has 0 aromatic heterocycles. The molecule has 0 spiro atoms. The fourth-order valence-corrected chi connectivity index (χ4v) is 13.4. The normalized spacial score (nSPS) is 55.7. The largest absolute Gasteiger partial charge is 0.432 e. The van der Waals surface area contributed by atoms with Gasteiger partial charge in [0.05, 0.1) is 37.4 Å². The molecule has 2 saturated heterocycles. The van der Waals surface area contributed by atoms with Crippen LogP contribution in [0, 0.1) is 50.2 Å². The minimum absolute atomic E-state index is 0.0343. The van der Waals surface area contributed by atoms with Gasteiger partial charge in [-0.2, -0.15) is 0 Å². The smallest absolute Gasteiger partial charge is 0.315 e. The van der Waals surface area contributed by atoms with E-state index in [1.54, 1.807) is 0 Å². The number of esters is 1. The van der Waals surface area contributed by atoms with Crippen molar-refractivity contribution in [2.45, 2.75) is 160 Å². The van der Waals surface area contributed by atoms with E-state index in [1.165, 1.54) is 0 Å². The molecule has 15 nitrogen and oxygen atoms in total. The van der Waals surface area contributed by atoms with Crippen LogP contribution >= 0.6 is 0 Å². The maximum atomic E-state index is 14.5. The van der Waals surface area contributed by atoms with Gasteiger partial charge in [0.15, 0.2) is 6.29 Å². The first-order valence-electron chi connectivity index (χ1n) is 20.5. The first kappa shape index (κ1) is 42.5. The molecule has 5 aliphatic carbocycles. The van der Waals surface area contributed by atoms with Crippen molar-refractivity contribution in [3.63, 3.8) is 0 Å². The predicted octanol–water partition coefficient (Wildman–Crippen LogP) is 0.0776. The quantitative estimate of drug-likeness (QED) is 0.0716. The first-order valence-corrected chi connectivity index (χ1v) is 20.5. The van der Waals surface area contributed by atoms with Crippen molar-refractivity contribution in [3.8, 4) is 0 Å². The summed E-state index contributed by atoms with van der Waals surface area (Å²) in [6.07, 6.45) is -7.66. The number of ether oxygens (including phenoxy) is 4. The van der Waals surface area contributed by atoms with E-state index in [-0.39, 0.29) is 36.4 Å². The second kappa shape index (κ2) is 14.5. The number of fused-ring (bicyclic) bond motifs is 7. The molecular formula is C41H64O15. The number of carbonyl (C=O) groups excluding carboxylic acids is 2. The molecule has 15 heteroatoms. The zero-order valence-corrected chi connectivity index (χ0v) is 33.2. The molecular weight excluding hydrogens is 732 g/mol. The highest BCUT2D eigenvalue weighted by Gasteiger charge is 2.71. The van der Waals surface area contributed by atoms with Gasteiger partial charge < -0.3 is 69.7 Å². The summed E-state index contributed by atoms with van der Waals surface area (Å²) >= 11 is 0. The van der Waals surface area contributed by atoms with E-state index >= 15 is 0 Å². The van der Waals surface area contributed by atoms with E-state index in [1.807, 2.05) is 13.8 Å². The Labute approximate surface area is 328 Å². The Morgan fingerprint density at radius 1 is 0.821 bits per heavy atom. The lowest BCUT2D eigenvalue weighted by atomic mass is 9.33. The maximum absolute atomic E-state index is 14.5. The van der Waals surface area contributed by atoms with Crippen LogP contribution in [-0.2, 0) is 28.5 Å². The third-order valence-electron chi connectivity index (χ3n) is 17.0. The number of aldehydes is 1. The molecule has 6 fully saturated rings. The van der Waals surface area contributed by atoms with Crippen molar-refractivity contribution >= 4 is 12.3 Å². The zero-order chi connectivity index (χ0) is 41.0. The van der Waals surface area contributed by atoms with Gasteiger partial charge in [-0.3, -0.25) is 4.79 Å². The third kappa shape index (κ3) is 6.04. The highest BCUT2D eigenvalue weighted by atomic mass is 16.7. The maximum Gasteiger partial charge on any atom is 0.315 e. The molecule has 0 aromatic carbocycles. The molecule has 0 aromatic rings. The number of hydrogen-bond donors (Lipinski definition) is 9. The van der Waals surface area contributed by atoms with Crippen molar-refractivity contribution < 1.29 is 74.5 Å². The molecule has 2 heterocycles. The second-order valence-corrected chi connectivity index (χ2v) is 19.8. The lowest BCUT2D eigenvalue weighted by Gasteiger charge is -2.71. The molecule has 318 valence electrons. The average Bonchev–Trinajstić information content (AvgIpc) is 3.16. The number of rotatable bonds is 7. The SMILES string of the molecule is CC1(C=O)CCC2(C(=O)OC3OC(CO)C(O)C(O)C3O)CCC3(C)C(=CCC4C5(C)CC(O)C(OC6OCC(O)C(O)C6O)C(C)(CO)C5CCC43C)C2C1. The van der Waals surface area contributed by atoms with Gasteiger partial charge in [-0.25, -0.2) is 0 Å². The fraction of sp³-hybridized carbons (Fsp3) is 0.902. The first-order chi connectivity index (χ1) is 26.2. The van der Waals surface area contributed by atoms with E-state index in [4.69, 9.17) is 18.9 Å². The summed E-state index contributed by atoms with van der Waals surface area (Å²) in [6.45, 7) is 9.34. The van der Waals surface area contributed by atoms with E-state index in [9.17, 15) is 55.5 Å². The van der Waals surface area contributed by atoms with Gasteiger partial charge in [-0.05, 0) is 91.8 Å². The van der Waals surface area contributed by atoms with E-state index in [0.29, 0.717) is 51.4 Å². The highest BCUT2D eigenvalue weighted by Crippen LogP contribution is 2.76. The summed E-state index contributed by atoms with van der Waals surface area (Å²) < 4.78 is 23.3. The van der Waals surface area contributed by atoms with Crippen LogP contribution in [0.5, 0.6) is 0 Å². The Morgan fingerprint density at radius 2 is 1.50 bits per heavy atom. The molecule has 20 atom stereocenters. The number of carbonyl (C=O) groups is 2. The van der Waals surface area contributed by atoms with E-state index in [0.717, 1.165) is 18.3 Å². The Morgan fingerprint density at radius 3 is 2.16 bits per heavy atom. The Balaban J connectivity index is 1.20. The topological polar surface area (TPSA) is 253 Å². The standard InChI is InChI=1S/C41H64O15/c1-36(18-43)10-12-41(35(52)56-34-31(51)29(49)28(48)24(16-42)54-34)13-11-39(4)20(21(41)14-36)6-7-26-37(2)15-22(45)32(55-33-30(50)27(47)23(46)17-53-33)38(3,19-44)25(37)8-9-40(26,39)5/h6,18,21-34,42,44-51H,7-17,19H2,1-5H3. The summed E-state index contributed by atoms with van der Waals surface area (Å²) in [5.41, 5.74) is -2.90. The molecule has 4 saturated carbocycles. The van der Waals surface area contributed by atoms with Gasteiger partial charge in [0.2, 0.25) is 6.29 Å². The number of allylic oxidation sites excluding steroid dienone is 2. The van der Waals surface area contributed by atoms with Crippen molar-refractivity contribution in [2.24, 2.45) is 50.2 Å². The van der Waals surface area contributed by atoms with Crippen LogP contribution in [0.2, 0.25) is 0 Å². The monoisotopic (exact) mass is 796 g/mol. The minimum atomic E-state index is -1.74. The van der Waals surface area contributed by atoms with Gasteiger partial charge in [0, 0.05) is 10.8 Å². The van der Waals surface area contributed by atoms with Crippen LogP contribution in [0.4, 0.5) is 0 Å². The molecule has 0 bridgehead atoms. The van der Waals surface area contributed by atoms with Gasteiger partial charge >= 0.3 is 5.97 Å². The molecule has 0 amide bonds. The lowest BCUT2D eigenvalue weighted by molar-refractivity contribution is -0.328. The van der Waals surface area contributed by atoms with Gasteiger partial charge in [-0.1, -0.05) is 46.3 Å². The Kier molecular flexibility index (Phi) is 11.0. The highest BCUT2D eigenvalue weighted by molar-refractivity contribution is 5.79. The average molecular weight is 797 g/mol. The van der Waals surface area contributed by atoms with E-state index < -0.39 is 107 Å². The third-order valence-corrected chi connectivity index (χ3v) is 17.0. The van der Waals surface area contributed by atoms with Gasteiger partial charge in [-0.15, -0.1) is 0 Å². The summed E-state index contributed by atoms with van der Waals surface area (Å²) in [5, 5.41) is 95.3. The van der Waals surface area contributed by atoms with Crippen LogP contribution in [0.25, 0.3) is 0 Å². The van der Waals surface area contributed by atoms with Crippen molar-refractivity contribution in [2.75, 3.05) is 19.8 Å². The Hall–Kier alpha value is -1.60. The molecule has 20 unspecified atom stereocenters. The van der Waals surface area contributed by atoms with Crippen LogP contribution in [0.3, 0.4) is 0 Å². The zero-order valence-electron chi connectivity index (χ0n) is 33.2. The van der Waals surface area contributed by atoms with Crippen LogP contribution in [0.1, 0.15) is 92.4 Å². The molecule has 56 heavy (non-hydrogen) atoms. The molecule has 9 N–H and O–H groups in total. The fourth-order valence-electron chi connectivity index (χ4n) is 13.4. The van der Waals surface area contributed by atoms with Crippen molar-refractivity contribution in [1.82, 2.24) is 0 Å². The molecule has 7 rings (SSSR count). The molecule has 0 radical (unpaired) electrons. The number of hydrogen-bond acceptors (Lipinski definition) is 15.